The maximum absolute atomic E-state index is 12.3. The molecule has 3 aliphatic heterocycles. The number of hydrogen-bond donors (Lipinski definition) is 0. The quantitative estimate of drug-likeness (QED) is 0.828. The summed E-state index contributed by atoms with van der Waals surface area (Å²) in [6.45, 7) is 2.18. The second-order valence-corrected chi connectivity index (χ2v) is 9.09. The highest BCUT2D eigenvalue weighted by Crippen LogP contribution is 2.37. The van der Waals surface area contributed by atoms with Gasteiger partial charge in [-0.2, -0.15) is 0 Å². The molecule has 3 aliphatic rings. The van der Waals surface area contributed by atoms with Gasteiger partial charge in [0.15, 0.2) is 9.84 Å². The molecule has 1 aromatic rings. The molecule has 4 rings (SSSR count). The van der Waals surface area contributed by atoms with Crippen molar-refractivity contribution >= 4 is 27.1 Å². The van der Waals surface area contributed by atoms with Crippen molar-refractivity contribution in [3.05, 3.63) is 24.3 Å². The molecule has 0 radical (unpaired) electrons. The van der Waals surface area contributed by atoms with E-state index in [1.165, 1.54) is 24.9 Å². The Kier molecular flexibility index (Phi) is 3.59. The smallest absolute Gasteiger partial charge is 0.227 e. The van der Waals surface area contributed by atoms with Gasteiger partial charge in [0.1, 0.15) is 0 Å². The van der Waals surface area contributed by atoms with Crippen LogP contribution < -0.4 is 9.80 Å². The van der Waals surface area contributed by atoms with Crippen LogP contribution in [0.1, 0.15) is 25.7 Å². The summed E-state index contributed by atoms with van der Waals surface area (Å²) in [5, 5.41) is 0. The lowest BCUT2D eigenvalue weighted by molar-refractivity contribution is -0.117. The zero-order valence-corrected chi connectivity index (χ0v) is 14.0. The summed E-state index contributed by atoms with van der Waals surface area (Å²) in [4.78, 5) is 16.4. The van der Waals surface area contributed by atoms with Crippen LogP contribution in [0.25, 0.3) is 0 Å². The number of anilines is 2. The molecule has 0 spiro atoms. The third-order valence-corrected chi connectivity index (χ3v) is 7.11. The van der Waals surface area contributed by atoms with Crippen LogP contribution in [0.15, 0.2) is 24.3 Å². The second kappa shape index (κ2) is 5.51. The summed E-state index contributed by atoms with van der Waals surface area (Å²) in [6, 6.07) is 7.88. The molecule has 5 nitrogen and oxygen atoms in total. The summed E-state index contributed by atoms with van der Waals surface area (Å²) in [7, 11) is -3.00. The van der Waals surface area contributed by atoms with Crippen LogP contribution in [0.5, 0.6) is 0 Å². The average molecular weight is 334 g/mol. The summed E-state index contributed by atoms with van der Waals surface area (Å²) in [5.74, 6) is 0.290. The van der Waals surface area contributed by atoms with Gasteiger partial charge < -0.3 is 9.80 Å². The van der Waals surface area contributed by atoms with Gasteiger partial charge in [0, 0.05) is 36.8 Å². The van der Waals surface area contributed by atoms with Crippen LogP contribution in [0.3, 0.4) is 0 Å². The van der Waals surface area contributed by atoms with E-state index < -0.39 is 9.84 Å². The van der Waals surface area contributed by atoms with Crippen molar-refractivity contribution < 1.29 is 13.2 Å². The molecule has 0 N–H and O–H groups in total. The third-order valence-electron chi connectivity index (χ3n) is 5.32. The van der Waals surface area contributed by atoms with E-state index in [1.807, 2.05) is 12.1 Å². The molecule has 1 aromatic carbocycles. The van der Waals surface area contributed by atoms with Gasteiger partial charge in [-0.3, -0.25) is 4.79 Å². The molecule has 0 aliphatic carbocycles. The van der Waals surface area contributed by atoms with Gasteiger partial charge in [0.25, 0.3) is 0 Å². The summed E-state index contributed by atoms with van der Waals surface area (Å²) in [5.41, 5.74) is 2.02. The fourth-order valence-electron chi connectivity index (χ4n) is 4.20. The zero-order chi connectivity index (χ0) is 16.0. The lowest BCUT2D eigenvalue weighted by Gasteiger charge is -2.29. The topological polar surface area (TPSA) is 57.7 Å². The van der Waals surface area contributed by atoms with Crippen molar-refractivity contribution in [1.82, 2.24) is 0 Å². The Labute approximate surface area is 137 Å². The molecule has 124 valence electrons. The molecule has 0 aromatic heterocycles. The monoisotopic (exact) mass is 334 g/mol. The first-order valence-electron chi connectivity index (χ1n) is 8.41. The van der Waals surface area contributed by atoms with Crippen molar-refractivity contribution in [1.29, 1.82) is 0 Å². The summed E-state index contributed by atoms with van der Waals surface area (Å²) >= 11 is 0. The first kappa shape index (κ1) is 15.0. The maximum atomic E-state index is 12.3. The largest absolute Gasteiger partial charge is 0.372 e. The van der Waals surface area contributed by atoms with Gasteiger partial charge in [0.05, 0.1) is 17.5 Å². The predicted octanol–water partition coefficient (Wildman–Crippen LogP) is 1.83. The van der Waals surface area contributed by atoms with Crippen LogP contribution in [0.2, 0.25) is 0 Å². The minimum Gasteiger partial charge on any atom is -0.372 e. The molecule has 0 bridgehead atoms. The van der Waals surface area contributed by atoms with Crippen LogP contribution in [0.4, 0.5) is 11.4 Å². The van der Waals surface area contributed by atoms with Gasteiger partial charge in [0.2, 0.25) is 5.91 Å². The molecule has 0 saturated carbocycles. The predicted molar refractivity (Wildman–Crippen MR) is 90.5 cm³/mol. The Hall–Kier alpha value is -1.56. The van der Waals surface area contributed by atoms with Crippen molar-refractivity contribution in [2.45, 2.75) is 31.7 Å². The number of fused-ring (bicyclic) bond motifs is 1. The van der Waals surface area contributed by atoms with Crippen molar-refractivity contribution in [2.75, 3.05) is 34.4 Å². The second-order valence-electron chi connectivity index (χ2n) is 6.94. The Morgan fingerprint density at radius 3 is 2.26 bits per heavy atom. The number of carbonyl (C=O) groups excluding carboxylic acids is 1. The summed E-state index contributed by atoms with van der Waals surface area (Å²) < 4.78 is 23.7. The van der Waals surface area contributed by atoms with Gasteiger partial charge in [-0.25, -0.2) is 8.42 Å². The first-order valence-corrected chi connectivity index (χ1v) is 10.2. The van der Waals surface area contributed by atoms with Crippen molar-refractivity contribution in [3.63, 3.8) is 0 Å². The van der Waals surface area contributed by atoms with E-state index in [4.69, 9.17) is 0 Å². The Balaban J connectivity index is 1.56. The fraction of sp³-hybridized carbons (Fsp3) is 0.588. The molecule has 0 unspecified atom stereocenters. The highest BCUT2D eigenvalue weighted by molar-refractivity contribution is 7.91. The molecule has 3 heterocycles. The molecule has 3 saturated heterocycles. The van der Waals surface area contributed by atoms with Crippen LogP contribution in [-0.2, 0) is 14.6 Å². The van der Waals surface area contributed by atoms with E-state index in [0.29, 0.717) is 6.42 Å². The van der Waals surface area contributed by atoms with E-state index >= 15 is 0 Å². The molecule has 23 heavy (non-hydrogen) atoms. The van der Waals surface area contributed by atoms with E-state index in [0.717, 1.165) is 18.8 Å². The molecule has 3 fully saturated rings. The average Bonchev–Trinajstić information content (AvgIpc) is 2.98. The number of carbonyl (C=O) groups is 1. The van der Waals surface area contributed by atoms with Crippen molar-refractivity contribution in [2.24, 2.45) is 5.92 Å². The zero-order valence-electron chi connectivity index (χ0n) is 13.1. The fourth-order valence-corrected chi connectivity index (χ4v) is 6.27. The Morgan fingerprint density at radius 2 is 1.57 bits per heavy atom. The van der Waals surface area contributed by atoms with E-state index in [2.05, 4.69) is 17.0 Å². The lowest BCUT2D eigenvalue weighted by atomic mass is 10.0. The minimum atomic E-state index is -3.00. The van der Waals surface area contributed by atoms with Crippen LogP contribution >= 0.6 is 0 Å². The van der Waals surface area contributed by atoms with Crippen LogP contribution in [-0.4, -0.2) is 45.0 Å². The maximum Gasteiger partial charge on any atom is 0.227 e. The highest BCUT2D eigenvalue weighted by Gasteiger charge is 2.49. The molecular weight excluding hydrogens is 312 g/mol. The molecular formula is C17H22N2O3S. The third kappa shape index (κ3) is 2.73. The van der Waals surface area contributed by atoms with Crippen LogP contribution in [0, 0.1) is 5.92 Å². The highest BCUT2D eigenvalue weighted by atomic mass is 32.2. The normalized spacial score (nSPS) is 29.8. The molecule has 2 atom stereocenters. The SMILES string of the molecule is O=C1C[C@@H]2CS(=O)(=O)C[C@H]2N1c1ccc(N2CCCCC2)cc1. The number of piperidine rings is 1. The lowest BCUT2D eigenvalue weighted by Crippen LogP contribution is -2.36. The Bertz CT molecular complexity index is 708. The van der Waals surface area contributed by atoms with Gasteiger partial charge in [-0.05, 0) is 43.5 Å². The van der Waals surface area contributed by atoms with Gasteiger partial charge in [-0.15, -0.1) is 0 Å². The summed E-state index contributed by atoms with van der Waals surface area (Å²) in [6.07, 6.45) is 4.12. The van der Waals surface area contributed by atoms with E-state index in [1.54, 1.807) is 4.90 Å². The van der Waals surface area contributed by atoms with Gasteiger partial charge >= 0.3 is 0 Å². The minimum absolute atomic E-state index is 0.0331. The van der Waals surface area contributed by atoms with Gasteiger partial charge in [-0.1, -0.05) is 0 Å². The number of nitrogens with zero attached hydrogens (tertiary/aromatic N) is 2. The number of sulfone groups is 1. The molecule has 1 amide bonds. The molecule has 6 heteroatoms. The first-order chi connectivity index (χ1) is 11.0. The number of hydrogen-bond acceptors (Lipinski definition) is 4. The Morgan fingerprint density at radius 1 is 0.913 bits per heavy atom. The van der Waals surface area contributed by atoms with E-state index in [-0.39, 0.29) is 29.4 Å². The number of benzene rings is 1. The van der Waals surface area contributed by atoms with Crippen molar-refractivity contribution in [3.8, 4) is 0 Å². The number of rotatable bonds is 2. The van der Waals surface area contributed by atoms with E-state index in [9.17, 15) is 13.2 Å². The number of amides is 1. The standard InChI is InChI=1S/C17H22N2O3S/c20-17-10-13-11-23(21,22)12-16(13)19(17)15-6-4-14(5-7-15)18-8-2-1-3-9-18/h4-7,13,16H,1-3,8-12H2/t13-,16-/m1/s1.